The minimum absolute atomic E-state index is 0.0448. The van der Waals surface area contributed by atoms with Gasteiger partial charge in [0.15, 0.2) is 0 Å². The molecule has 0 unspecified atom stereocenters. The van der Waals surface area contributed by atoms with E-state index < -0.39 is 21.8 Å². The van der Waals surface area contributed by atoms with E-state index in [-0.39, 0.29) is 33.3 Å². The summed E-state index contributed by atoms with van der Waals surface area (Å²) >= 11 is 0. The second-order valence-corrected chi connectivity index (χ2v) is 11.2. The van der Waals surface area contributed by atoms with Gasteiger partial charge in [0, 0.05) is 0 Å². The molecular formula is C34H26O7S. The standard InChI is InChI=1S/C34H26O7S/c35-33(40-24-26-10-5-2-6-11-26)27-12-7-13-28(22-27)34(36)41-30-16-20-32(21-17-30)42(37,38)31-18-14-29(15-19-31)39-23-25-8-3-1-4-9-25/h1-22H,23-24H2. The Kier molecular flexibility index (Phi) is 8.75. The summed E-state index contributed by atoms with van der Waals surface area (Å²) in [5.41, 5.74) is 2.20. The summed E-state index contributed by atoms with van der Waals surface area (Å²) in [6.45, 7) is 0.478. The molecule has 5 aromatic rings. The number of carbonyl (C=O) groups is 2. The molecule has 0 aromatic heterocycles. The van der Waals surface area contributed by atoms with Crippen LogP contribution in [0, 0.1) is 0 Å². The predicted molar refractivity (Wildman–Crippen MR) is 156 cm³/mol. The van der Waals surface area contributed by atoms with Gasteiger partial charge < -0.3 is 14.2 Å². The average molecular weight is 579 g/mol. The molecule has 210 valence electrons. The van der Waals surface area contributed by atoms with E-state index in [4.69, 9.17) is 14.2 Å². The Morgan fingerprint density at radius 1 is 0.524 bits per heavy atom. The van der Waals surface area contributed by atoms with Gasteiger partial charge in [0.05, 0.1) is 20.9 Å². The van der Waals surface area contributed by atoms with Crippen LogP contribution in [0.2, 0.25) is 0 Å². The van der Waals surface area contributed by atoms with Crippen molar-refractivity contribution in [1.82, 2.24) is 0 Å². The van der Waals surface area contributed by atoms with Crippen LogP contribution < -0.4 is 9.47 Å². The first-order valence-corrected chi connectivity index (χ1v) is 14.5. The topological polar surface area (TPSA) is 96.0 Å². The average Bonchev–Trinajstić information content (AvgIpc) is 3.04. The molecule has 0 heterocycles. The number of hydrogen-bond acceptors (Lipinski definition) is 7. The molecule has 7 nitrogen and oxygen atoms in total. The molecule has 5 aromatic carbocycles. The first-order valence-electron chi connectivity index (χ1n) is 13.0. The number of benzene rings is 5. The molecule has 0 aliphatic rings. The van der Waals surface area contributed by atoms with Gasteiger partial charge in [-0.05, 0) is 77.9 Å². The van der Waals surface area contributed by atoms with E-state index >= 15 is 0 Å². The van der Waals surface area contributed by atoms with Gasteiger partial charge in [-0.1, -0.05) is 66.7 Å². The molecule has 0 spiro atoms. The van der Waals surface area contributed by atoms with Crippen molar-refractivity contribution in [3.8, 4) is 11.5 Å². The van der Waals surface area contributed by atoms with E-state index in [2.05, 4.69) is 0 Å². The largest absolute Gasteiger partial charge is 0.489 e. The normalized spacial score (nSPS) is 11.0. The Bertz CT molecular complexity index is 1770. The third-order valence-electron chi connectivity index (χ3n) is 6.27. The number of hydrogen-bond donors (Lipinski definition) is 0. The van der Waals surface area contributed by atoms with Crippen molar-refractivity contribution in [2.45, 2.75) is 23.0 Å². The molecule has 0 aliphatic heterocycles. The highest BCUT2D eigenvalue weighted by atomic mass is 32.2. The molecule has 0 atom stereocenters. The van der Waals surface area contributed by atoms with Crippen LogP contribution in [0.3, 0.4) is 0 Å². The second-order valence-electron chi connectivity index (χ2n) is 9.25. The Hall–Kier alpha value is -5.21. The van der Waals surface area contributed by atoms with Crippen LogP contribution in [0.25, 0.3) is 0 Å². The molecule has 0 aliphatic carbocycles. The molecule has 5 rings (SSSR count). The molecule has 0 fully saturated rings. The zero-order valence-electron chi connectivity index (χ0n) is 22.4. The highest BCUT2D eigenvalue weighted by molar-refractivity contribution is 7.91. The molecule has 8 heteroatoms. The van der Waals surface area contributed by atoms with Gasteiger partial charge in [-0.2, -0.15) is 0 Å². The van der Waals surface area contributed by atoms with Crippen LogP contribution in [0.4, 0.5) is 0 Å². The summed E-state index contributed by atoms with van der Waals surface area (Å²) in [7, 11) is -3.81. The molecule has 0 saturated carbocycles. The van der Waals surface area contributed by atoms with Gasteiger partial charge in [-0.15, -0.1) is 0 Å². The van der Waals surface area contributed by atoms with Crippen molar-refractivity contribution in [2.24, 2.45) is 0 Å². The Morgan fingerprint density at radius 3 is 1.60 bits per heavy atom. The fraction of sp³-hybridized carbons (Fsp3) is 0.0588. The fourth-order valence-electron chi connectivity index (χ4n) is 4.02. The first kappa shape index (κ1) is 28.3. The van der Waals surface area contributed by atoms with Gasteiger partial charge in [0.25, 0.3) is 0 Å². The first-order chi connectivity index (χ1) is 20.4. The van der Waals surface area contributed by atoms with Crippen molar-refractivity contribution >= 4 is 21.8 Å². The van der Waals surface area contributed by atoms with Crippen LogP contribution in [-0.4, -0.2) is 20.4 Å². The summed E-state index contributed by atoms with van der Waals surface area (Å²) in [6, 6.07) is 36.7. The Balaban J connectivity index is 1.19. The third-order valence-corrected chi connectivity index (χ3v) is 8.06. The number of ether oxygens (including phenoxy) is 3. The summed E-state index contributed by atoms with van der Waals surface area (Å²) in [5.74, 6) is -0.567. The van der Waals surface area contributed by atoms with E-state index in [0.717, 1.165) is 11.1 Å². The lowest BCUT2D eigenvalue weighted by Gasteiger charge is -2.09. The smallest absolute Gasteiger partial charge is 0.343 e. The molecule has 0 N–H and O–H groups in total. The van der Waals surface area contributed by atoms with Crippen molar-refractivity contribution < 1.29 is 32.2 Å². The van der Waals surface area contributed by atoms with E-state index in [1.54, 1.807) is 24.3 Å². The van der Waals surface area contributed by atoms with Crippen molar-refractivity contribution in [3.63, 3.8) is 0 Å². The monoisotopic (exact) mass is 578 g/mol. The van der Waals surface area contributed by atoms with Crippen molar-refractivity contribution in [1.29, 1.82) is 0 Å². The number of esters is 2. The molecule has 42 heavy (non-hydrogen) atoms. The zero-order chi connectivity index (χ0) is 29.4. The lowest BCUT2D eigenvalue weighted by Crippen LogP contribution is -2.11. The van der Waals surface area contributed by atoms with E-state index in [1.807, 2.05) is 60.7 Å². The lowest BCUT2D eigenvalue weighted by molar-refractivity contribution is 0.0472. The molecule has 0 radical (unpaired) electrons. The molecule has 0 amide bonds. The molecule has 0 bridgehead atoms. The zero-order valence-corrected chi connectivity index (χ0v) is 23.2. The number of rotatable bonds is 10. The molecule has 0 saturated heterocycles. The number of sulfone groups is 1. The van der Waals surface area contributed by atoms with Crippen LogP contribution in [0.5, 0.6) is 11.5 Å². The highest BCUT2D eigenvalue weighted by Gasteiger charge is 2.19. The number of carbonyl (C=O) groups excluding carboxylic acids is 2. The predicted octanol–water partition coefficient (Wildman–Crippen LogP) is 6.67. The lowest BCUT2D eigenvalue weighted by atomic mass is 10.1. The van der Waals surface area contributed by atoms with Crippen LogP contribution in [-0.2, 0) is 27.8 Å². The highest BCUT2D eigenvalue weighted by Crippen LogP contribution is 2.26. The van der Waals surface area contributed by atoms with E-state index in [9.17, 15) is 18.0 Å². The fourth-order valence-corrected chi connectivity index (χ4v) is 5.29. The minimum Gasteiger partial charge on any atom is -0.489 e. The van der Waals surface area contributed by atoms with Crippen LogP contribution in [0.1, 0.15) is 31.8 Å². The summed E-state index contributed by atoms with van der Waals surface area (Å²) < 4.78 is 42.7. The summed E-state index contributed by atoms with van der Waals surface area (Å²) in [6.07, 6.45) is 0. The van der Waals surface area contributed by atoms with E-state index in [1.165, 1.54) is 48.5 Å². The maximum absolute atomic E-state index is 13.1. The van der Waals surface area contributed by atoms with Gasteiger partial charge in [-0.25, -0.2) is 18.0 Å². The van der Waals surface area contributed by atoms with Crippen molar-refractivity contribution in [3.05, 3.63) is 156 Å². The maximum Gasteiger partial charge on any atom is 0.343 e. The minimum atomic E-state index is -3.81. The third kappa shape index (κ3) is 7.10. The van der Waals surface area contributed by atoms with Crippen LogP contribution in [0.15, 0.2) is 143 Å². The van der Waals surface area contributed by atoms with Crippen LogP contribution >= 0.6 is 0 Å². The van der Waals surface area contributed by atoms with E-state index in [0.29, 0.717) is 12.4 Å². The van der Waals surface area contributed by atoms with Gasteiger partial charge in [0.1, 0.15) is 24.7 Å². The second kappa shape index (κ2) is 13.0. The Morgan fingerprint density at radius 2 is 1.02 bits per heavy atom. The molecular weight excluding hydrogens is 552 g/mol. The Labute approximate surface area is 243 Å². The quantitative estimate of drug-likeness (QED) is 0.135. The van der Waals surface area contributed by atoms with Crippen molar-refractivity contribution in [2.75, 3.05) is 0 Å². The van der Waals surface area contributed by atoms with Gasteiger partial charge in [-0.3, -0.25) is 0 Å². The maximum atomic E-state index is 13.1. The summed E-state index contributed by atoms with van der Waals surface area (Å²) in [5, 5.41) is 0. The van der Waals surface area contributed by atoms with Gasteiger partial charge in [0.2, 0.25) is 9.84 Å². The SMILES string of the molecule is O=C(OCc1ccccc1)c1cccc(C(=O)Oc2ccc(S(=O)(=O)c3ccc(OCc4ccccc4)cc3)cc2)c1. The van der Waals surface area contributed by atoms with Gasteiger partial charge >= 0.3 is 11.9 Å². The summed E-state index contributed by atoms with van der Waals surface area (Å²) in [4.78, 5) is 25.4.